The Morgan fingerprint density at radius 1 is 1.15 bits per heavy atom. The highest BCUT2D eigenvalue weighted by atomic mass is 16.6. The number of benzene rings is 1. The third kappa shape index (κ3) is 3.39. The molecule has 2 aliphatic heterocycles. The molecule has 1 atom stereocenters. The van der Waals surface area contributed by atoms with Gasteiger partial charge in [0.05, 0.1) is 6.04 Å². The van der Waals surface area contributed by atoms with Crippen molar-refractivity contribution >= 4 is 23.4 Å². The van der Waals surface area contributed by atoms with Gasteiger partial charge < -0.3 is 19.7 Å². The van der Waals surface area contributed by atoms with Crippen molar-refractivity contribution in [2.45, 2.75) is 12.5 Å². The Kier molecular flexibility index (Phi) is 4.30. The summed E-state index contributed by atoms with van der Waals surface area (Å²) in [5.74, 6) is 1.71. The monoisotopic (exact) mass is 354 g/mol. The second kappa shape index (κ2) is 6.91. The molecule has 26 heavy (non-hydrogen) atoms. The molecule has 8 nitrogen and oxygen atoms in total. The zero-order chi connectivity index (χ0) is 17.9. The van der Waals surface area contributed by atoms with Crippen LogP contribution in [-0.2, 0) is 4.79 Å². The lowest BCUT2D eigenvalue weighted by atomic mass is 10.2. The highest BCUT2D eigenvalue weighted by molar-refractivity contribution is 5.97. The molecule has 4 rings (SSSR count). The summed E-state index contributed by atoms with van der Waals surface area (Å²) in [4.78, 5) is 30.1. The van der Waals surface area contributed by atoms with Gasteiger partial charge in [0.2, 0.25) is 5.91 Å². The van der Waals surface area contributed by atoms with Crippen molar-refractivity contribution in [3.63, 3.8) is 0 Å². The number of pyridine rings is 1. The number of carbonyl (C=O) groups is 2. The second-order valence-corrected chi connectivity index (χ2v) is 6.05. The van der Waals surface area contributed by atoms with Gasteiger partial charge >= 0.3 is 6.03 Å². The summed E-state index contributed by atoms with van der Waals surface area (Å²) in [6, 6.07) is 10.00. The van der Waals surface area contributed by atoms with E-state index in [9.17, 15) is 9.59 Å². The average molecular weight is 354 g/mol. The molecule has 3 heterocycles. The third-order valence-corrected chi connectivity index (χ3v) is 4.20. The van der Waals surface area contributed by atoms with Gasteiger partial charge in [0, 0.05) is 30.9 Å². The summed E-state index contributed by atoms with van der Waals surface area (Å²) in [6.07, 6.45) is 1.84. The lowest BCUT2D eigenvalue weighted by Crippen LogP contribution is -2.39. The number of hydrogen-bond donors (Lipinski definition) is 2. The number of fused-ring (bicyclic) bond motifs is 1. The second-order valence-electron chi connectivity index (χ2n) is 6.05. The molecule has 1 fully saturated rings. The van der Waals surface area contributed by atoms with E-state index in [-0.39, 0.29) is 24.4 Å². The van der Waals surface area contributed by atoms with E-state index in [1.165, 1.54) is 0 Å². The van der Waals surface area contributed by atoms with Crippen LogP contribution in [0.15, 0.2) is 42.6 Å². The first-order chi connectivity index (χ1) is 12.7. The van der Waals surface area contributed by atoms with Gasteiger partial charge in [-0.15, -0.1) is 0 Å². The number of rotatable bonds is 3. The summed E-state index contributed by atoms with van der Waals surface area (Å²) in [5.41, 5.74) is 0.730. The molecule has 2 N–H and O–H groups in total. The maximum Gasteiger partial charge on any atom is 0.320 e. The molecule has 1 saturated heterocycles. The van der Waals surface area contributed by atoms with Crippen molar-refractivity contribution in [1.29, 1.82) is 0 Å². The number of urea groups is 1. The van der Waals surface area contributed by atoms with E-state index in [1.807, 2.05) is 6.07 Å². The summed E-state index contributed by atoms with van der Waals surface area (Å²) in [7, 11) is 0. The fraction of sp³-hybridized carbons (Fsp3) is 0.278. The van der Waals surface area contributed by atoms with Gasteiger partial charge in [-0.05, 0) is 24.3 Å². The Bertz CT molecular complexity index is 827. The number of hydrogen-bond acceptors (Lipinski definition) is 5. The van der Waals surface area contributed by atoms with Crippen molar-refractivity contribution in [3.05, 3.63) is 42.6 Å². The van der Waals surface area contributed by atoms with Gasteiger partial charge in [-0.25, -0.2) is 9.78 Å². The molecule has 0 radical (unpaired) electrons. The van der Waals surface area contributed by atoms with Gasteiger partial charge in [-0.1, -0.05) is 6.07 Å². The van der Waals surface area contributed by atoms with Crippen LogP contribution in [0.3, 0.4) is 0 Å². The number of ether oxygens (including phenoxy) is 2. The van der Waals surface area contributed by atoms with E-state index in [4.69, 9.17) is 9.47 Å². The van der Waals surface area contributed by atoms with Crippen molar-refractivity contribution in [3.8, 4) is 11.5 Å². The lowest BCUT2D eigenvalue weighted by Gasteiger charge is -2.22. The van der Waals surface area contributed by atoms with E-state index < -0.39 is 0 Å². The number of aromatic nitrogens is 1. The number of anilines is 2. The van der Waals surface area contributed by atoms with Crippen LogP contribution in [0.25, 0.3) is 0 Å². The molecule has 1 unspecified atom stereocenters. The predicted molar refractivity (Wildman–Crippen MR) is 94.6 cm³/mol. The molecule has 0 bridgehead atoms. The molecule has 0 spiro atoms. The SMILES string of the molecule is O=C(Nc1ccccn1)NC1CC(=O)N(c2ccc3c(c2)OCCO3)C1. The first-order valence-corrected chi connectivity index (χ1v) is 8.37. The molecule has 1 aromatic heterocycles. The van der Waals surface area contributed by atoms with Crippen molar-refractivity contribution < 1.29 is 19.1 Å². The summed E-state index contributed by atoms with van der Waals surface area (Å²) in [6.45, 7) is 1.41. The van der Waals surface area contributed by atoms with Crippen LogP contribution in [0, 0.1) is 0 Å². The first-order valence-electron chi connectivity index (χ1n) is 8.37. The Hall–Kier alpha value is -3.29. The zero-order valence-corrected chi connectivity index (χ0v) is 14.0. The van der Waals surface area contributed by atoms with Crippen LogP contribution < -0.4 is 25.0 Å². The van der Waals surface area contributed by atoms with E-state index in [2.05, 4.69) is 15.6 Å². The lowest BCUT2D eigenvalue weighted by molar-refractivity contribution is -0.117. The standard InChI is InChI=1S/C18H18N4O4/c23-17-9-12(20-18(24)21-16-3-1-2-6-19-16)11-22(17)13-4-5-14-15(10-13)26-8-7-25-14/h1-6,10,12H,7-9,11H2,(H2,19,20,21,24). The average Bonchev–Trinajstić information content (AvgIpc) is 3.02. The fourth-order valence-electron chi connectivity index (χ4n) is 3.03. The third-order valence-electron chi connectivity index (χ3n) is 4.20. The van der Waals surface area contributed by atoms with Crippen molar-refractivity contribution in [2.75, 3.05) is 30.0 Å². The van der Waals surface area contributed by atoms with Crippen LogP contribution >= 0.6 is 0 Å². The molecule has 134 valence electrons. The predicted octanol–water partition coefficient (Wildman–Crippen LogP) is 1.78. The normalized spacial score (nSPS) is 18.5. The topological polar surface area (TPSA) is 92.8 Å². The molecule has 0 aliphatic carbocycles. The maximum atomic E-state index is 12.4. The number of amides is 3. The quantitative estimate of drug-likeness (QED) is 0.876. The number of carbonyl (C=O) groups excluding carboxylic acids is 2. The molecule has 1 aromatic carbocycles. The number of nitrogens with one attached hydrogen (secondary N) is 2. The summed E-state index contributed by atoms with van der Waals surface area (Å²) in [5, 5.41) is 5.46. The minimum absolute atomic E-state index is 0.0511. The Labute approximate surface area is 150 Å². The van der Waals surface area contributed by atoms with Gasteiger partial charge in [0.1, 0.15) is 19.0 Å². The van der Waals surface area contributed by atoms with Crippen LogP contribution in [0.4, 0.5) is 16.3 Å². The van der Waals surface area contributed by atoms with Gasteiger partial charge in [-0.2, -0.15) is 0 Å². The maximum absolute atomic E-state index is 12.4. The smallest absolute Gasteiger partial charge is 0.320 e. The Balaban J connectivity index is 1.40. The Morgan fingerprint density at radius 3 is 2.81 bits per heavy atom. The van der Waals surface area contributed by atoms with Gasteiger partial charge in [0.25, 0.3) is 0 Å². The number of nitrogens with zero attached hydrogens (tertiary/aromatic N) is 2. The minimum Gasteiger partial charge on any atom is -0.486 e. The minimum atomic E-state index is -0.384. The van der Waals surface area contributed by atoms with Crippen LogP contribution in [0.5, 0.6) is 11.5 Å². The highest BCUT2D eigenvalue weighted by Gasteiger charge is 2.32. The van der Waals surface area contributed by atoms with Crippen molar-refractivity contribution in [1.82, 2.24) is 10.3 Å². The van der Waals surface area contributed by atoms with Crippen molar-refractivity contribution in [2.24, 2.45) is 0 Å². The van der Waals surface area contributed by atoms with Gasteiger partial charge in [-0.3, -0.25) is 10.1 Å². The highest BCUT2D eigenvalue weighted by Crippen LogP contribution is 2.35. The molecule has 2 aliphatic rings. The molecule has 3 amide bonds. The molecular formula is C18H18N4O4. The van der Waals surface area contributed by atoms with Crippen LogP contribution in [-0.4, -0.2) is 42.7 Å². The Morgan fingerprint density at radius 2 is 2.00 bits per heavy atom. The van der Waals surface area contributed by atoms with Gasteiger partial charge in [0.15, 0.2) is 11.5 Å². The molecule has 8 heteroatoms. The molecule has 2 aromatic rings. The van der Waals surface area contributed by atoms with Crippen LogP contribution in [0.1, 0.15) is 6.42 Å². The van der Waals surface area contributed by atoms with E-state index in [1.54, 1.807) is 41.4 Å². The first kappa shape index (κ1) is 16.2. The summed E-state index contributed by atoms with van der Waals surface area (Å²) >= 11 is 0. The van der Waals surface area contributed by atoms with E-state index >= 15 is 0 Å². The molecule has 0 saturated carbocycles. The van der Waals surface area contributed by atoms with E-state index in [0.29, 0.717) is 37.1 Å². The van der Waals surface area contributed by atoms with E-state index in [0.717, 1.165) is 5.69 Å². The molecular weight excluding hydrogens is 336 g/mol. The summed E-state index contributed by atoms with van der Waals surface area (Å²) < 4.78 is 11.1. The van der Waals surface area contributed by atoms with Crippen LogP contribution in [0.2, 0.25) is 0 Å². The zero-order valence-electron chi connectivity index (χ0n) is 14.0. The fourth-order valence-corrected chi connectivity index (χ4v) is 3.03. The largest absolute Gasteiger partial charge is 0.486 e.